The van der Waals surface area contributed by atoms with E-state index in [2.05, 4.69) is 4.72 Å². The average molecular weight is 469 g/mol. The molecule has 1 aromatic heterocycles. The van der Waals surface area contributed by atoms with Crippen molar-refractivity contribution in [1.82, 2.24) is 9.13 Å². The maximum Gasteiger partial charge on any atom is 0.316 e. The number of ether oxygens (including phenoxy) is 1. The molecule has 3 aromatic carbocycles. The summed E-state index contributed by atoms with van der Waals surface area (Å²) in [5.41, 5.74) is -0.521. The van der Waals surface area contributed by atoms with E-state index in [1.54, 1.807) is 30.3 Å². The summed E-state index contributed by atoms with van der Waals surface area (Å²) in [7, 11) is -1.35. The molecule has 0 amide bonds. The van der Waals surface area contributed by atoms with Crippen LogP contribution < -0.4 is 20.6 Å². The zero-order valence-corrected chi connectivity index (χ0v) is 18.8. The molecule has 0 atom stereocenters. The lowest BCUT2D eigenvalue weighted by Crippen LogP contribution is -2.39. The number of rotatable bonds is 5. The Hall–Kier alpha value is -3.92. The van der Waals surface area contributed by atoms with E-state index in [9.17, 15) is 22.4 Å². The number of aromatic nitrogens is 2. The van der Waals surface area contributed by atoms with Gasteiger partial charge in [-0.1, -0.05) is 24.3 Å². The number of benzene rings is 3. The molecule has 4 rings (SSSR count). The Morgan fingerprint density at radius 2 is 1.48 bits per heavy atom. The largest absolute Gasteiger partial charge is 0.455 e. The third kappa shape index (κ3) is 4.12. The van der Waals surface area contributed by atoms with Crippen LogP contribution >= 0.6 is 0 Å². The molecule has 0 saturated carbocycles. The SMILES string of the molecule is Cc1ccc(S(=O)(=O)Nc2cc3c(cc2Oc2ccccc2)n(C)c(=O)c(=O)n3C)cc1F. The Balaban J connectivity index is 1.92. The molecule has 0 aliphatic heterocycles. The van der Waals surface area contributed by atoms with Crippen LogP contribution in [0.3, 0.4) is 0 Å². The fourth-order valence-electron chi connectivity index (χ4n) is 3.32. The van der Waals surface area contributed by atoms with Gasteiger partial charge in [-0.3, -0.25) is 14.3 Å². The Labute approximate surface area is 188 Å². The van der Waals surface area contributed by atoms with E-state index < -0.39 is 27.0 Å². The van der Waals surface area contributed by atoms with E-state index >= 15 is 0 Å². The lowest BCUT2D eigenvalue weighted by atomic mass is 10.2. The second kappa shape index (κ2) is 8.21. The zero-order valence-electron chi connectivity index (χ0n) is 18.0. The van der Waals surface area contributed by atoms with Gasteiger partial charge in [0.2, 0.25) is 0 Å². The fraction of sp³-hybridized carbons (Fsp3) is 0.130. The van der Waals surface area contributed by atoms with Crippen molar-refractivity contribution < 1.29 is 17.5 Å². The third-order valence-corrected chi connectivity index (χ3v) is 6.62. The number of anilines is 1. The number of para-hydroxylation sites is 1. The van der Waals surface area contributed by atoms with Crippen LogP contribution in [-0.2, 0) is 24.1 Å². The molecule has 0 spiro atoms. The van der Waals surface area contributed by atoms with Gasteiger partial charge in [0.25, 0.3) is 10.0 Å². The lowest BCUT2D eigenvalue weighted by molar-refractivity contribution is 0.485. The Morgan fingerprint density at radius 1 is 0.879 bits per heavy atom. The third-order valence-electron chi connectivity index (χ3n) is 5.26. The van der Waals surface area contributed by atoms with Crippen molar-refractivity contribution in [3.63, 3.8) is 0 Å². The van der Waals surface area contributed by atoms with Gasteiger partial charge in [0.05, 0.1) is 21.6 Å². The van der Waals surface area contributed by atoms with Crippen LogP contribution in [0.25, 0.3) is 11.0 Å². The predicted molar refractivity (Wildman–Crippen MR) is 123 cm³/mol. The summed E-state index contributed by atoms with van der Waals surface area (Å²) in [6, 6.07) is 15.1. The van der Waals surface area contributed by atoms with Crippen LogP contribution in [0, 0.1) is 12.7 Å². The van der Waals surface area contributed by atoms with Crippen molar-refractivity contribution in [3.8, 4) is 11.5 Å². The minimum atomic E-state index is -4.20. The summed E-state index contributed by atoms with van der Waals surface area (Å²) < 4.78 is 50.7. The van der Waals surface area contributed by atoms with E-state index in [-0.39, 0.29) is 16.3 Å². The number of hydrogen-bond acceptors (Lipinski definition) is 5. The molecule has 0 radical (unpaired) electrons. The average Bonchev–Trinajstić information content (AvgIpc) is 2.79. The number of aryl methyl sites for hydroxylation is 3. The Kier molecular flexibility index (Phi) is 5.54. The van der Waals surface area contributed by atoms with Crippen LogP contribution in [0.15, 0.2) is 75.1 Å². The molecule has 0 saturated heterocycles. The zero-order chi connectivity index (χ0) is 23.9. The van der Waals surface area contributed by atoms with Crippen molar-refractivity contribution in [1.29, 1.82) is 0 Å². The molecular formula is C23H20FN3O5S. The number of sulfonamides is 1. The van der Waals surface area contributed by atoms with Gasteiger partial charge in [0.15, 0.2) is 5.75 Å². The molecule has 1 heterocycles. The highest BCUT2D eigenvalue weighted by Gasteiger charge is 2.21. The summed E-state index contributed by atoms with van der Waals surface area (Å²) in [5, 5.41) is 0. The van der Waals surface area contributed by atoms with Crippen LogP contribution in [0.5, 0.6) is 11.5 Å². The summed E-state index contributed by atoms with van der Waals surface area (Å²) in [4.78, 5) is 24.3. The van der Waals surface area contributed by atoms with E-state index in [4.69, 9.17) is 4.74 Å². The number of halogens is 1. The van der Waals surface area contributed by atoms with Gasteiger partial charge in [0, 0.05) is 20.2 Å². The first kappa shape index (κ1) is 22.3. The van der Waals surface area contributed by atoms with Crippen LogP contribution in [0.4, 0.5) is 10.1 Å². The number of fused-ring (bicyclic) bond motifs is 1. The normalized spacial score (nSPS) is 11.5. The van der Waals surface area contributed by atoms with Crippen molar-refractivity contribution in [2.75, 3.05) is 4.72 Å². The van der Waals surface area contributed by atoms with E-state index in [0.29, 0.717) is 22.3 Å². The van der Waals surface area contributed by atoms with E-state index in [1.165, 1.54) is 49.9 Å². The van der Waals surface area contributed by atoms with Crippen molar-refractivity contribution in [2.45, 2.75) is 11.8 Å². The van der Waals surface area contributed by atoms with Gasteiger partial charge >= 0.3 is 11.1 Å². The highest BCUT2D eigenvalue weighted by molar-refractivity contribution is 7.92. The molecule has 0 aliphatic rings. The van der Waals surface area contributed by atoms with Gasteiger partial charge in [-0.2, -0.15) is 0 Å². The first-order valence-corrected chi connectivity index (χ1v) is 11.3. The topological polar surface area (TPSA) is 99.4 Å². The number of hydrogen-bond donors (Lipinski definition) is 1. The predicted octanol–water partition coefficient (Wildman–Crippen LogP) is 3.28. The maximum absolute atomic E-state index is 14.0. The van der Waals surface area contributed by atoms with Gasteiger partial charge < -0.3 is 13.9 Å². The van der Waals surface area contributed by atoms with Gasteiger partial charge in [0.1, 0.15) is 11.6 Å². The quantitative estimate of drug-likeness (QED) is 0.452. The molecule has 0 fully saturated rings. The summed E-state index contributed by atoms with van der Waals surface area (Å²) in [6.07, 6.45) is 0. The minimum Gasteiger partial charge on any atom is -0.455 e. The minimum absolute atomic E-state index is 0.0148. The molecule has 0 aliphatic carbocycles. The summed E-state index contributed by atoms with van der Waals surface area (Å²) in [6.45, 7) is 1.53. The Bertz CT molecular complexity index is 1610. The second-order valence-corrected chi connectivity index (χ2v) is 9.18. The van der Waals surface area contributed by atoms with Gasteiger partial charge in [-0.25, -0.2) is 12.8 Å². The number of nitrogens with one attached hydrogen (secondary N) is 1. The first-order chi connectivity index (χ1) is 15.6. The van der Waals surface area contributed by atoms with Crippen LogP contribution in [-0.4, -0.2) is 17.6 Å². The molecule has 10 heteroatoms. The van der Waals surface area contributed by atoms with Gasteiger partial charge in [-0.15, -0.1) is 0 Å². The van der Waals surface area contributed by atoms with E-state index in [1.807, 2.05) is 0 Å². The summed E-state index contributed by atoms with van der Waals surface area (Å²) in [5.74, 6) is -0.137. The fourth-order valence-corrected chi connectivity index (χ4v) is 4.40. The van der Waals surface area contributed by atoms with Crippen LogP contribution in [0.2, 0.25) is 0 Å². The van der Waals surface area contributed by atoms with Crippen LogP contribution in [0.1, 0.15) is 5.56 Å². The van der Waals surface area contributed by atoms with E-state index in [0.717, 1.165) is 10.6 Å². The Morgan fingerprint density at radius 3 is 2.09 bits per heavy atom. The molecule has 1 N–H and O–H groups in total. The molecule has 8 nitrogen and oxygen atoms in total. The van der Waals surface area contributed by atoms with Gasteiger partial charge in [-0.05, 0) is 42.8 Å². The molecule has 0 bridgehead atoms. The highest BCUT2D eigenvalue weighted by Crippen LogP contribution is 2.34. The van der Waals surface area contributed by atoms with Crippen molar-refractivity contribution in [3.05, 3.63) is 92.8 Å². The van der Waals surface area contributed by atoms with Crippen molar-refractivity contribution >= 4 is 26.7 Å². The molecular weight excluding hydrogens is 449 g/mol. The molecule has 33 heavy (non-hydrogen) atoms. The summed E-state index contributed by atoms with van der Waals surface area (Å²) >= 11 is 0. The lowest BCUT2D eigenvalue weighted by Gasteiger charge is -2.17. The molecule has 0 unspecified atom stereocenters. The van der Waals surface area contributed by atoms with Crippen molar-refractivity contribution in [2.24, 2.45) is 14.1 Å². The standard InChI is InChI=1S/C23H20FN3O5S/c1-14-9-10-16(11-17(14)24)33(30,31)25-18-12-19-20(27(3)23(29)22(28)26(19)2)13-21(18)32-15-7-5-4-6-8-15/h4-13,25H,1-3H3. The number of nitrogens with zero attached hydrogens (tertiary/aromatic N) is 2. The highest BCUT2D eigenvalue weighted by atomic mass is 32.2. The molecule has 4 aromatic rings. The smallest absolute Gasteiger partial charge is 0.316 e. The maximum atomic E-state index is 14.0. The first-order valence-electron chi connectivity index (χ1n) is 9.84. The monoisotopic (exact) mass is 469 g/mol. The molecule has 170 valence electrons. The second-order valence-electron chi connectivity index (χ2n) is 7.50.